The fourth-order valence-corrected chi connectivity index (χ4v) is 2.23. The first-order valence-corrected chi connectivity index (χ1v) is 7.07. The summed E-state index contributed by atoms with van der Waals surface area (Å²) in [7, 11) is 1.78. The van der Waals surface area contributed by atoms with Crippen molar-refractivity contribution in [1.82, 2.24) is 10.2 Å². The zero-order valence-electron chi connectivity index (χ0n) is 11.0. The predicted molar refractivity (Wildman–Crippen MR) is 73.7 cm³/mol. The Kier molecular flexibility index (Phi) is 4.29. The van der Waals surface area contributed by atoms with Gasteiger partial charge in [0.15, 0.2) is 10.4 Å². The summed E-state index contributed by atoms with van der Waals surface area (Å²) in [6.07, 6.45) is 2.37. The molecule has 1 aliphatic carbocycles. The number of hydrogen-bond acceptors (Lipinski definition) is 3. The van der Waals surface area contributed by atoms with Gasteiger partial charge in [-0.3, -0.25) is 9.59 Å². The molecule has 1 aliphatic rings. The molecule has 1 aromatic heterocycles. The molecule has 2 amide bonds. The SMILES string of the molecule is CC(C1CC1)N(C)C(=O)CNC(=O)c1ccc(Br)o1. The summed E-state index contributed by atoms with van der Waals surface area (Å²) in [6, 6.07) is 3.43. The number of carbonyl (C=O) groups is 2. The molecule has 0 spiro atoms. The van der Waals surface area contributed by atoms with E-state index in [1.807, 2.05) is 6.92 Å². The van der Waals surface area contributed by atoms with Gasteiger partial charge in [-0.2, -0.15) is 0 Å². The van der Waals surface area contributed by atoms with E-state index in [2.05, 4.69) is 21.2 Å². The Bertz CT molecular complexity index is 482. The van der Waals surface area contributed by atoms with Gasteiger partial charge in [0, 0.05) is 13.1 Å². The molecule has 0 bridgehead atoms. The van der Waals surface area contributed by atoms with Crippen molar-refractivity contribution in [3.05, 3.63) is 22.6 Å². The highest BCUT2D eigenvalue weighted by Crippen LogP contribution is 2.34. The van der Waals surface area contributed by atoms with Gasteiger partial charge in [0.2, 0.25) is 5.91 Å². The molecule has 104 valence electrons. The van der Waals surface area contributed by atoms with E-state index < -0.39 is 0 Å². The normalized spacial score (nSPS) is 15.9. The lowest BCUT2D eigenvalue weighted by molar-refractivity contribution is -0.130. The third kappa shape index (κ3) is 3.59. The molecule has 19 heavy (non-hydrogen) atoms. The first-order chi connectivity index (χ1) is 8.99. The fraction of sp³-hybridized carbons (Fsp3) is 0.538. The van der Waals surface area contributed by atoms with Gasteiger partial charge in [0.25, 0.3) is 5.91 Å². The van der Waals surface area contributed by atoms with Crippen molar-refractivity contribution in [2.24, 2.45) is 5.92 Å². The van der Waals surface area contributed by atoms with Gasteiger partial charge in [-0.1, -0.05) is 0 Å². The number of hydrogen-bond donors (Lipinski definition) is 1. The van der Waals surface area contributed by atoms with Crippen molar-refractivity contribution in [2.45, 2.75) is 25.8 Å². The first-order valence-electron chi connectivity index (χ1n) is 6.28. The molecule has 1 heterocycles. The van der Waals surface area contributed by atoms with Gasteiger partial charge >= 0.3 is 0 Å². The number of furan rings is 1. The van der Waals surface area contributed by atoms with Crippen molar-refractivity contribution in [2.75, 3.05) is 13.6 Å². The van der Waals surface area contributed by atoms with Crippen LogP contribution < -0.4 is 5.32 Å². The summed E-state index contributed by atoms with van der Waals surface area (Å²) < 4.78 is 5.60. The van der Waals surface area contributed by atoms with Crippen LogP contribution in [0, 0.1) is 5.92 Å². The summed E-state index contributed by atoms with van der Waals surface area (Å²) in [5, 5.41) is 2.56. The molecule has 5 nitrogen and oxygen atoms in total. The Morgan fingerprint density at radius 2 is 2.21 bits per heavy atom. The number of carbonyl (C=O) groups excluding carboxylic acids is 2. The number of nitrogens with zero attached hydrogens (tertiary/aromatic N) is 1. The molecule has 1 N–H and O–H groups in total. The number of nitrogens with one attached hydrogen (secondary N) is 1. The second-order valence-electron chi connectivity index (χ2n) is 4.87. The topological polar surface area (TPSA) is 62.6 Å². The van der Waals surface area contributed by atoms with Crippen LogP contribution in [0.1, 0.15) is 30.3 Å². The molecule has 6 heteroatoms. The lowest BCUT2D eigenvalue weighted by atomic mass is 10.2. The maximum atomic E-state index is 11.9. The van der Waals surface area contributed by atoms with Crippen LogP contribution in [0.3, 0.4) is 0 Å². The highest BCUT2D eigenvalue weighted by molar-refractivity contribution is 9.10. The standard InChI is InChI=1S/C13H17BrN2O3/c1-8(9-3-4-9)16(2)12(17)7-15-13(18)10-5-6-11(14)19-10/h5-6,8-9H,3-4,7H2,1-2H3,(H,15,18). The summed E-state index contributed by atoms with van der Waals surface area (Å²) in [6.45, 7) is 2.03. The molecular formula is C13H17BrN2O3. The summed E-state index contributed by atoms with van der Waals surface area (Å²) >= 11 is 3.12. The monoisotopic (exact) mass is 328 g/mol. The Labute approximate surface area is 120 Å². The van der Waals surface area contributed by atoms with Gasteiger partial charge < -0.3 is 14.6 Å². The van der Waals surface area contributed by atoms with Crippen molar-refractivity contribution in [3.8, 4) is 0 Å². The minimum Gasteiger partial charge on any atom is -0.444 e. The number of rotatable bonds is 5. The van der Waals surface area contributed by atoms with Crippen LogP contribution in [0.15, 0.2) is 21.2 Å². The Hall–Kier alpha value is -1.30. The number of likely N-dealkylation sites (N-methyl/N-ethyl adjacent to an activating group) is 1. The summed E-state index contributed by atoms with van der Waals surface area (Å²) in [4.78, 5) is 25.3. The Morgan fingerprint density at radius 1 is 1.53 bits per heavy atom. The number of halogens is 1. The average molecular weight is 329 g/mol. The van der Waals surface area contributed by atoms with Crippen molar-refractivity contribution < 1.29 is 14.0 Å². The van der Waals surface area contributed by atoms with Crippen molar-refractivity contribution in [3.63, 3.8) is 0 Å². The number of amides is 2. The van der Waals surface area contributed by atoms with E-state index in [1.54, 1.807) is 24.1 Å². The molecule has 1 aromatic rings. The molecule has 0 aliphatic heterocycles. The molecule has 1 unspecified atom stereocenters. The molecule has 0 saturated heterocycles. The molecule has 0 radical (unpaired) electrons. The van der Waals surface area contributed by atoms with Crippen LogP contribution in [0.2, 0.25) is 0 Å². The van der Waals surface area contributed by atoms with Crippen LogP contribution in [-0.2, 0) is 4.79 Å². The summed E-state index contributed by atoms with van der Waals surface area (Å²) in [5.74, 6) is 0.341. The fourth-order valence-electron chi connectivity index (χ4n) is 1.93. The Morgan fingerprint density at radius 3 is 2.74 bits per heavy atom. The van der Waals surface area contributed by atoms with Gasteiger partial charge in [0.05, 0.1) is 6.54 Å². The van der Waals surface area contributed by atoms with Crippen LogP contribution in [0.5, 0.6) is 0 Å². The van der Waals surface area contributed by atoms with Crippen molar-refractivity contribution in [1.29, 1.82) is 0 Å². The van der Waals surface area contributed by atoms with E-state index in [0.717, 1.165) is 0 Å². The lowest BCUT2D eigenvalue weighted by Crippen LogP contribution is -2.43. The van der Waals surface area contributed by atoms with Gasteiger partial charge in [-0.25, -0.2) is 0 Å². The minimum atomic E-state index is -0.383. The Balaban J connectivity index is 1.81. The second kappa shape index (κ2) is 5.77. The van der Waals surface area contributed by atoms with Crippen LogP contribution in [0.4, 0.5) is 0 Å². The lowest BCUT2D eigenvalue weighted by Gasteiger charge is -2.24. The van der Waals surface area contributed by atoms with E-state index in [1.165, 1.54) is 12.8 Å². The largest absolute Gasteiger partial charge is 0.444 e. The molecule has 2 rings (SSSR count). The van der Waals surface area contributed by atoms with Gasteiger partial charge in [-0.05, 0) is 53.7 Å². The quantitative estimate of drug-likeness (QED) is 0.899. The molecule has 1 fully saturated rings. The first kappa shape index (κ1) is 14.1. The van der Waals surface area contributed by atoms with Crippen LogP contribution in [0.25, 0.3) is 0 Å². The smallest absolute Gasteiger partial charge is 0.287 e. The van der Waals surface area contributed by atoms with Crippen molar-refractivity contribution >= 4 is 27.7 Å². The van der Waals surface area contributed by atoms with Gasteiger partial charge in [0.1, 0.15) is 0 Å². The van der Waals surface area contributed by atoms with Crippen LogP contribution in [-0.4, -0.2) is 36.3 Å². The zero-order chi connectivity index (χ0) is 14.0. The third-order valence-electron chi connectivity index (χ3n) is 3.51. The zero-order valence-corrected chi connectivity index (χ0v) is 12.6. The van der Waals surface area contributed by atoms with E-state index >= 15 is 0 Å². The van der Waals surface area contributed by atoms with E-state index in [4.69, 9.17) is 4.42 Å². The molecule has 1 atom stereocenters. The molecular weight excluding hydrogens is 312 g/mol. The van der Waals surface area contributed by atoms with Crippen LogP contribution >= 0.6 is 15.9 Å². The van der Waals surface area contributed by atoms with E-state index in [-0.39, 0.29) is 30.2 Å². The van der Waals surface area contributed by atoms with Gasteiger partial charge in [-0.15, -0.1) is 0 Å². The highest BCUT2D eigenvalue weighted by Gasteiger charge is 2.32. The highest BCUT2D eigenvalue weighted by atomic mass is 79.9. The average Bonchev–Trinajstić information content (AvgIpc) is 3.15. The minimum absolute atomic E-state index is 0.00921. The molecule has 1 saturated carbocycles. The maximum Gasteiger partial charge on any atom is 0.287 e. The molecule has 0 aromatic carbocycles. The van der Waals surface area contributed by atoms with E-state index in [9.17, 15) is 9.59 Å². The second-order valence-corrected chi connectivity index (χ2v) is 5.65. The predicted octanol–water partition coefficient (Wildman–Crippen LogP) is 2.03. The van der Waals surface area contributed by atoms with E-state index in [0.29, 0.717) is 10.6 Å². The maximum absolute atomic E-state index is 11.9. The summed E-state index contributed by atoms with van der Waals surface area (Å²) in [5.41, 5.74) is 0. The third-order valence-corrected chi connectivity index (χ3v) is 3.93.